The maximum Gasteiger partial charge on any atom is 0.292 e. The molecule has 2 aromatic carbocycles. The summed E-state index contributed by atoms with van der Waals surface area (Å²) in [7, 11) is 0. The van der Waals surface area contributed by atoms with Crippen LogP contribution in [0.3, 0.4) is 0 Å². The normalized spacial score (nSPS) is 11.9. The van der Waals surface area contributed by atoms with Crippen LogP contribution >= 0.6 is 11.8 Å². The smallest absolute Gasteiger partial charge is 0.292 e. The van der Waals surface area contributed by atoms with E-state index in [-0.39, 0.29) is 16.9 Å². The second kappa shape index (κ2) is 10.9. The van der Waals surface area contributed by atoms with Gasteiger partial charge >= 0.3 is 0 Å². The number of nitrogens with one attached hydrogen (secondary N) is 1. The van der Waals surface area contributed by atoms with Gasteiger partial charge in [0.25, 0.3) is 11.2 Å². The first kappa shape index (κ1) is 23.4. The van der Waals surface area contributed by atoms with E-state index < -0.39 is 16.1 Å². The van der Waals surface area contributed by atoms with E-state index in [0.717, 1.165) is 11.8 Å². The first-order valence-corrected chi connectivity index (χ1v) is 11.1. The molecule has 0 aliphatic heterocycles. The molecule has 0 aliphatic rings. The van der Waals surface area contributed by atoms with Crippen LogP contribution in [0.4, 0.5) is 11.4 Å². The fraction of sp³-hybridized carbons (Fsp3) is 0.318. The van der Waals surface area contributed by atoms with Gasteiger partial charge in [0.05, 0.1) is 21.1 Å². The van der Waals surface area contributed by atoms with E-state index in [1.54, 1.807) is 41.8 Å². The lowest BCUT2D eigenvalue weighted by Gasteiger charge is -2.16. The molecule has 1 heterocycles. The van der Waals surface area contributed by atoms with Crippen molar-refractivity contribution < 1.29 is 14.5 Å². The number of anilines is 1. The molecule has 1 N–H and O–H groups in total. The SMILES string of the molecule is CCOCCCn1c(SC(C)C(=O)Nc2ccccc2[N+](=O)[O-])nc2ccccc2c1=O. The minimum absolute atomic E-state index is 0.121. The number of nitrogens with zero attached hydrogens (tertiary/aromatic N) is 3. The van der Waals surface area contributed by atoms with E-state index in [0.29, 0.717) is 42.2 Å². The molecule has 1 amide bonds. The van der Waals surface area contributed by atoms with Crippen molar-refractivity contribution in [1.82, 2.24) is 9.55 Å². The molecule has 9 nitrogen and oxygen atoms in total. The van der Waals surface area contributed by atoms with E-state index in [4.69, 9.17) is 4.74 Å². The number of nitro groups is 1. The zero-order chi connectivity index (χ0) is 23.1. The molecule has 0 saturated heterocycles. The van der Waals surface area contributed by atoms with Crippen LogP contribution < -0.4 is 10.9 Å². The van der Waals surface area contributed by atoms with Gasteiger partial charge in [-0.2, -0.15) is 0 Å². The lowest BCUT2D eigenvalue weighted by Crippen LogP contribution is -2.27. The van der Waals surface area contributed by atoms with Crippen LogP contribution in [-0.4, -0.2) is 38.8 Å². The molecule has 1 atom stereocenters. The number of thioether (sulfide) groups is 1. The third-order valence-corrected chi connectivity index (χ3v) is 5.80. The van der Waals surface area contributed by atoms with Gasteiger partial charge in [0.15, 0.2) is 5.16 Å². The number of para-hydroxylation sites is 3. The van der Waals surface area contributed by atoms with E-state index in [1.807, 2.05) is 6.92 Å². The van der Waals surface area contributed by atoms with Gasteiger partial charge in [0.2, 0.25) is 5.91 Å². The van der Waals surface area contributed by atoms with Crippen molar-refractivity contribution in [2.75, 3.05) is 18.5 Å². The van der Waals surface area contributed by atoms with Crippen LogP contribution in [0.2, 0.25) is 0 Å². The summed E-state index contributed by atoms with van der Waals surface area (Å²) >= 11 is 1.13. The number of carbonyl (C=O) groups is 1. The Kier molecular flexibility index (Phi) is 7.96. The lowest BCUT2D eigenvalue weighted by atomic mass is 10.2. The van der Waals surface area contributed by atoms with Crippen molar-refractivity contribution in [3.8, 4) is 0 Å². The average molecular weight is 457 g/mol. The summed E-state index contributed by atoms with van der Waals surface area (Å²) < 4.78 is 6.93. The van der Waals surface area contributed by atoms with Crippen molar-refractivity contribution >= 4 is 39.9 Å². The number of rotatable bonds is 10. The molecular weight excluding hydrogens is 432 g/mol. The van der Waals surface area contributed by atoms with Gasteiger partial charge < -0.3 is 10.1 Å². The number of benzene rings is 2. The van der Waals surface area contributed by atoms with Gasteiger partial charge in [-0.05, 0) is 38.5 Å². The Balaban J connectivity index is 1.85. The number of aromatic nitrogens is 2. The fourth-order valence-corrected chi connectivity index (χ4v) is 4.02. The molecule has 3 aromatic rings. The van der Waals surface area contributed by atoms with E-state index in [2.05, 4.69) is 10.3 Å². The predicted octanol–water partition coefficient (Wildman–Crippen LogP) is 3.85. The summed E-state index contributed by atoms with van der Waals surface area (Å²) in [6, 6.07) is 13.0. The highest BCUT2D eigenvalue weighted by molar-refractivity contribution is 8.00. The van der Waals surface area contributed by atoms with Gasteiger partial charge in [-0.3, -0.25) is 24.3 Å². The zero-order valence-electron chi connectivity index (χ0n) is 17.8. The monoisotopic (exact) mass is 456 g/mol. The molecule has 32 heavy (non-hydrogen) atoms. The maximum atomic E-state index is 13.1. The largest absolute Gasteiger partial charge is 0.382 e. The number of amides is 1. The summed E-state index contributed by atoms with van der Waals surface area (Å²) in [5, 5.41) is 14.1. The second-order valence-electron chi connectivity index (χ2n) is 6.94. The Hall–Kier alpha value is -3.24. The molecule has 0 radical (unpaired) electrons. The van der Waals surface area contributed by atoms with Gasteiger partial charge in [0, 0.05) is 25.8 Å². The third kappa shape index (κ3) is 5.51. The Morgan fingerprint density at radius 2 is 1.97 bits per heavy atom. The van der Waals surface area contributed by atoms with Crippen molar-refractivity contribution in [1.29, 1.82) is 0 Å². The molecule has 0 spiro atoms. The topological polar surface area (TPSA) is 116 Å². The molecule has 1 aromatic heterocycles. The number of carbonyl (C=O) groups excluding carboxylic acids is 1. The molecule has 168 valence electrons. The van der Waals surface area contributed by atoms with Crippen LogP contribution in [0.25, 0.3) is 10.9 Å². The molecule has 10 heteroatoms. The molecule has 3 rings (SSSR count). The summed E-state index contributed by atoms with van der Waals surface area (Å²) in [5.74, 6) is -0.424. The Labute approximate surface area is 189 Å². The fourth-order valence-electron chi connectivity index (χ4n) is 3.09. The van der Waals surface area contributed by atoms with Crippen molar-refractivity contribution in [2.45, 2.75) is 37.2 Å². The zero-order valence-corrected chi connectivity index (χ0v) is 18.6. The highest BCUT2D eigenvalue weighted by Gasteiger charge is 2.22. The Morgan fingerprint density at radius 1 is 1.25 bits per heavy atom. The van der Waals surface area contributed by atoms with Crippen molar-refractivity contribution in [3.63, 3.8) is 0 Å². The van der Waals surface area contributed by atoms with Gasteiger partial charge in [0.1, 0.15) is 5.69 Å². The van der Waals surface area contributed by atoms with Gasteiger partial charge in [-0.1, -0.05) is 36.0 Å². The highest BCUT2D eigenvalue weighted by Crippen LogP contribution is 2.27. The summed E-state index contributed by atoms with van der Waals surface area (Å²) in [5.41, 5.74) is 0.304. The molecule has 0 bridgehead atoms. The molecular formula is C22H24N4O5S. The number of hydrogen-bond acceptors (Lipinski definition) is 7. The first-order valence-electron chi connectivity index (χ1n) is 10.2. The standard InChI is InChI=1S/C22H24N4O5S/c1-3-31-14-8-13-25-21(28)16-9-4-5-10-17(16)24-22(25)32-15(2)20(27)23-18-11-6-7-12-19(18)26(29)30/h4-7,9-12,15H,3,8,13-14H2,1-2H3,(H,23,27). The third-order valence-electron chi connectivity index (χ3n) is 4.71. The summed E-state index contributed by atoms with van der Waals surface area (Å²) in [4.78, 5) is 41.1. The predicted molar refractivity (Wildman–Crippen MR) is 124 cm³/mol. The quantitative estimate of drug-likeness (QED) is 0.162. The van der Waals surface area contributed by atoms with Crippen LogP contribution in [0.1, 0.15) is 20.3 Å². The van der Waals surface area contributed by atoms with Gasteiger partial charge in [-0.25, -0.2) is 4.98 Å². The second-order valence-corrected chi connectivity index (χ2v) is 8.25. The van der Waals surface area contributed by atoms with Crippen LogP contribution in [-0.2, 0) is 16.1 Å². The molecule has 0 aliphatic carbocycles. The number of ether oxygens (including phenoxy) is 1. The number of hydrogen-bond donors (Lipinski definition) is 1. The summed E-state index contributed by atoms with van der Waals surface area (Å²) in [6.45, 7) is 5.07. The van der Waals surface area contributed by atoms with Crippen LogP contribution in [0.5, 0.6) is 0 Å². The molecule has 0 saturated carbocycles. The Bertz CT molecular complexity index is 1180. The maximum absolute atomic E-state index is 13.1. The molecule has 1 unspecified atom stereocenters. The van der Waals surface area contributed by atoms with Crippen LogP contribution in [0, 0.1) is 10.1 Å². The minimum atomic E-state index is -0.652. The average Bonchev–Trinajstić information content (AvgIpc) is 2.78. The van der Waals surface area contributed by atoms with E-state index >= 15 is 0 Å². The van der Waals surface area contributed by atoms with Crippen LogP contribution in [0.15, 0.2) is 58.5 Å². The number of fused-ring (bicyclic) bond motifs is 1. The van der Waals surface area contributed by atoms with Crippen molar-refractivity contribution in [2.24, 2.45) is 0 Å². The lowest BCUT2D eigenvalue weighted by molar-refractivity contribution is -0.383. The van der Waals surface area contributed by atoms with E-state index in [9.17, 15) is 19.7 Å². The molecule has 0 fully saturated rings. The van der Waals surface area contributed by atoms with Crippen molar-refractivity contribution in [3.05, 3.63) is 69.0 Å². The minimum Gasteiger partial charge on any atom is -0.382 e. The highest BCUT2D eigenvalue weighted by atomic mass is 32.2. The van der Waals surface area contributed by atoms with Gasteiger partial charge in [-0.15, -0.1) is 0 Å². The Morgan fingerprint density at radius 3 is 2.72 bits per heavy atom. The first-order chi connectivity index (χ1) is 15.4. The van der Waals surface area contributed by atoms with E-state index in [1.165, 1.54) is 18.2 Å². The summed E-state index contributed by atoms with van der Waals surface area (Å²) in [6.07, 6.45) is 0.623. The number of nitro benzene ring substituents is 1.